The number of rotatable bonds is 7. The third-order valence-electron chi connectivity index (χ3n) is 2.62. The topological polar surface area (TPSA) is 92.1 Å². The van der Waals surface area contributed by atoms with Gasteiger partial charge < -0.3 is 15.7 Å². The first-order valence-electron chi connectivity index (χ1n) is 6.39. The molecule has 1 aromatic heterocycles. The van der Waals surface area contributed by atoms with Crippen LogP contribution in [-0.4, -0.2) is 52.2 Å². The summed E-state index contributed by atoms with van der Waals surface area (Å²) < 4.78 is 1.55. The molecule has 2 aromatic rings. The molecule has 0 aliphatic carbocycles. The number of nitrogens with zero attached hydrogens (tertiary/aromatic N) is 3. The Kier molecular flexibility index (Phi) is 5.22. The summed E-state index contributed by atoms with van der Waals surface area (Å²) in [5.74, 6) is -0.266. The Hall–Kier alpha value is -2.25. The first-order valence-corrected chi connectivity index (χ1v) is 6.39. The fourth-order valence-corrected chi connectivity index (χ4v) is 1.63. The number of hydrogen-bond donors (Lipinski definition) is 3. The number of carbonyl (C=O) groups is 1. The summed E-state index contributed by atoms with van der Waals surface area (Å²) in [5, 5.41) is 22.1. The Morgan fingerprint density at radius 1 is 1.20 bits per heavy atom. The lowest BCUT2D eigenvalue weighted by Crippen LogP contribution is -2.33. The van der Waals surface area contributed by atoms with Crippen LogP contribution in [0.15, 0.2) is 36.5 Å². The number of para-hydroxylation sites is 1. The highest BCUT2D eigenvalue weighted by Gasteiger charge is 2.10. The Labute approximate surface area is 116 Å². The molecule has 7 nitrogen and oxygen atoms in total. The van der Waals surface area contributed by atoms with Crippen molar-refractivity contribution in [1.82, 2.24) is 25.6 Å². The zero-order valence-corrected chi connectivity index (χ0v) is 11.0. The molecule has 2 rings (SSSR count). The van der Waals surface area contributed by atoms with Gasteiger partial charge in [-0.3, -0.25) is 4.79 Å². The average molecular weight is 275 g/mol. The second-order valence-corrected chi connectivity index (χ2v) is 4.11. The quantitative estimate of drug-likeness (QED) is 0.597. The first-order chi connectivity index (χ1) is 9.81. The van der Waals surface area contributed by atoms with E-state index in [1.54, 1.807) is 10.9 Å². The molecular weight excluding hydrogens is 258 g/mol. The molecule has 0 spiro atoms. The molecule has 0 unspecified atom stereocenters. The second kappa shape index (κ2) is 7.37. The fourth-order valence-electron chi connectivity index (χ4n) is 1.63. The zero-order chi connectivity index (χ0) is 14.2. The van der Waals surface area contributed by atoms with Crippen LogP contribution in [0.4, 0.5) is 0 Å². The van der Waals surface area contributed by atoms with E-state index in [0.717, 1.165) is 5.69 Å². The van der Waals surface area contributed by atoms with Crippen LogP contribution in [0.1, 0.15) is 10.5 Å². The van der Waals surface area contributed by atoms with E-state index in [1.165, 1.54) is 0 Å². The van der Waals surface area contributed by atoms with Gasteiger partial charge >= 0.3 is 0 Å². The summed E-state index contributed by atoms with van der Waals surface area (Å²) in [6, 6.07) is 9.46. The minimum Gasteiger partial charge on any atom is -0.395 e. The van der Waals surface area contributed by atoms with Crippen molar-refractivity contribution in [2.75, 3.05) is 26.2 Å². The van der Waals surface area contributed by atoms with Gasteiger partial charge in [-0.05, 0) is 12.1 Å². The molecule has 3 N–H and O–H groups in total. The maximum absolute atomic E-state index is 11.8. The molecule has 20 heavy (non-hydrogen) atoms. The largest absolute Gasteiger partial charge is 0.395 e. The summed E-state index contributed by atoms with van der Waals surface area (Å²) in [5.41, 5.74) is 1.12. The van der Waals surface area contributed by atoms with Gasteiger partial charge in [0.25, 0.3) is 5.91 Å². The van der Waals surface area contributed by atoms with Crippen LogP contribution in [0.5, 0.6) is 0 Å². The number of nitrogens with one attached hydrogen (secondary N) is 2. The monoisotopic (exact) mass is 275 g/mol. The number of amides is 1. The van der Waals surface area contributed by atoms with Gasteiger partial charge in [-0.1, -0.05) is 23.4 Å². The van der Waals surface area contributed by atoms with E-state index in [4.69, 9.17) is 5.11 Å². The number of carbonyl (C=O) groups excluding carboxylic acids is 1. The summed E-state index contributed by atoms with van der Waals surface area (Å²) in [7, 11) is 0. The Morgan fingerprint density at radius 2 is 2.00 bits per heavy atom. The maximum Gasteiger partial charge on any atom is 0.273 e. The molecular formula is C13H17N5O2. The molecule has 0 radical (unpaired) electrons. The molecule has 106 valence electrons. The van der Waals surface area contributed by atoms with Crippen LogP contribution >= 0.6 is 0 Å². The highest BCUT2D eigenvalue weighted by Crippen LogP contribution is 2.05. The predicted octanol–water partition coefficient (Wildman–Crippen LogP) is -0.421. The van der Waals surface area contributed by atoms with Gasteiger partial charge in [0.2, 0.25) is 0 Å². The van der Waals surface area contributed by atoms with E-state index in [9.17, 15) is 4.79 Å². The Morgan fingerprint density at radius 3 is 2.75 bits per heavy atom. The minimum atomic E-state index is -0.266. The van der Waals surface area contributed by atoms with Crippen molar-refractivity contribution in [1.29, 1.82) is 0 Å². The number of hydrogen-bond acceptors (Lipinski definition) is 5. The fraction of sp³-hybridized carbons (Fsp3) is 0.308. The van der Waals surface area contributed by atoms with Crippen LogP contribution in [0.2, 0.25) is 0 Å². The number of aliphatic hydroxyl groups excluding tert-OH is 1. The number of aliphatic hydroxyl groups is 1. The number of benzene rings is 1. The van der Waals surface area contributed by atoms with Crippen LogP contribution < -0.4 is 10.6 Å². The van der Waals surface area contributed by atoms with Gasteiger partial charge in [0, 0.05) is 19.6 Å². The van der Waals surface area contributed by atoms with Gasteiger partial charge in [-0.15, -0.1) is 5.10 Å². The van der Waals surface area contributed by atoms with Crippen LogP contribution in [-0.2, 0) is 0 Å². The maximum atomic E-state index is 11.8. The van der Waals surface area contributed by atoms with E-state index < -0.39 is 0 Å². The summed E-state index contributed by atoms with van der Waals surface area (Å²) >= 11 is 0. The van der Waals surface area contributed by atoms with Gasteiger partial charge in [-0.25, -0.2) is 4.68 Å². The Balaban J connectivity index is 1.87. The third kappa shape index (κ3) is 3.87. The molecule has 0 bridgehead atoms. The average Bonchev–Trinajstić information content (AvgIpc) is 2.98. The molecule has 7 heteroatoms. The van der Waals surface area contributed by atoms with Crippen molar-refractivity contribution >= 4 is 5.91 Å². The summed E-state index contributed by atoms with van der Waals surface area (Å²) in [4.78, 5) is 11.8. The molecule has 0 aliphatic rings. The normalized spacial score (nSPS) is 10.4. The van der Waals surface area contributed by atoms with Crippen molar-refractivity contribution in [3.8, 4) is 5.69 Å². The number of aromatic nitrogens is 3. The Bertz CT molecular complexity index is 541. The second-order valence-electron chi connectivity index (χ2n) is 4.11. The van der Waals surface area contributed by atoms with E-state index in [2.05, 4.69) is 20.9 Å². The molecule has 0 atom stereocenters. The van der Waals surface area contributed by atoms with E-state index in [1.807, 2.05) is 30.3 Å². The molecule has 0 saturated heterocycles. The molecule has 1 heterocycles. The first kappa shape index (κ1) is 14.2. The van der Waals surface area contributed by atoms with E-state index in [-0.39, 0.29) is 18.2 Å². The molecule has 0 aliphatic heterocycles. The van der Waals surface area contributed by atoms with Crippen molar-refractivity contribution < 1.29 is 9.90 Å². The van der Waals surface area contributed by atoms with Gasteiger partial charge in [-0.2, -0.15) is 0 Å². The van der Waals surface area contributed by atoms with Gasteiger partial charge in [0.1, 0.15) is 0 Å². The van der Waals surface area contributed by atoms with Crippen molar-refractivity contribution in [2.45, 2.75) is 0 Å². The van der Waals surface area contributed by atoms with Gasteiger partial charge in [0.05, 0.1) is 18.5 Å². The van der Waals surface area contributed by atoms with Crippen molar-refractivity contribution in [3.63, 3.8) is 0 Å². The van der Waals surface area contributed by atoms with Crippen molar-refractivity contribution in [2.24, 2.45) is 0 Å². The zero-order valence-electron chi connectivity index (χ0n) is 11.0. The highest BCUT2D eigenvalue weighted by molar-refractivity contribution is 5.91. The van der Waals surface area contributed by atoms with E-state index >= 15 is 0 Å². The molecule has 0 saturated carbocycles. The summed E-state index contributed by atoms with van der Waals surface area (Å²) in [6.07, 6.45) is 1.59. The predicted molar refractivity (Wildman–Crippen MR) is 73.6 cm³/mol. The van der Waals surface area contributed by atoms with Gasteiger partial charge in [0.15, 0.2) is 5.69 Å². The lowest BCUT2D eigenvalue weighted by atomic mass is 10.3. The van der Waals surface area contributed by atoms with Crippen LogP contribution in [0.3, 0.4) is 0 Å². The van der Waals surface area contributed by atoms with Crippen LogP contribution in [0.25, 0.3) is 5.69 Å². The van der Waals surface area contributed by atoms with E-state index in [0.29, 0.717) is 19.6 Å². The molecule has 1 aromatic carbocycles. The van der Waals surface area contributed by atoms with Crippen LogP contribution in [0, 0.1) is 0 Å². The smallest absolute Gasteiger partial charge is 0.273 e. The molecule has 0 fully saturated rings. The summed E-state index contributed by atoms with van der Waals surface area (Å²) in [6.45, 7) is 1.66. The van der Waals surface area contributed by atoms with Crippen molar-refractivity contribution in [3.05, 3.63) is 42.2 Å². The lowest BCUT2D eigenvalue weighted by molar-refractivity contribution is 0.0949. The highest BCUT2D eigenvalue weighted by atomic mass is 16.3. The molecule has 1 amide bonds. The SMILES string of the molecule is O=C(NCCNCCO)c1cn(-c2ccccc2)nn1. The lowest BCUT2D eigenvalue weighted by Gasteiger charge is -2.03. The third-order valence-corrected chi connectivity index (χ3v) is 2.62. The minimum absolute atomic E-state index is 0.0827. The standard InChI is InChI=1S/C13H17N5O2/c19-9-8-14-6-7-15-13(20)12-10-18(17-16-12)11-4-2-1-3-5-11/h1-5,10,14,19H,6-9H2,(H,15,20).